The summed E-state index contributed by atoms with van der Waals surface area (Å²) in [6.07, 6.45) is 0. The summed E-state index contributed by atoms with van der Waals surface area (Å²) in [6.45, 7) is 6.20. The van der Waals surface area contributed by atoms with Gasteiger partial charge in [-0.1, -0.05) is 12.1 Å². The van der Waals surface area contributed by atoms with Gasteiger partial charge < -0.3 is 5.32 Å². The van der Waals surface area contributed by atoms with Crippen molar-refractivity contribution in [2.24, 2.45) is 11.8 Å². The fourth-order valence-electron chi connectivity index (χ4n) is 3.70. The van der Waals surface area contributed by atoms with Crippen LogP contribution in [0.2, 0.25) is 0 Å². The number of fused-ring (bicyclic) bond motifs is 1. The van der Waals surface area contributed by atoms with Crippen LogP contribution in [0.5, 0.6) is 0 Å². The Morgan fingerprint density at radius 3 is 2.71 bits per heavy atom. The van der Waals surface area contributed by atoms with E-state index in [0.717, 1.165) is 13.1 Å². The highest BCUT2D eigenvalue weighted by atomic mass is 32.2. The summed E-state index contributed by atoms with van der Waals surface area (Å²) in [7, 11) is -3.65. The van der Waals surface area contributed by atoms with Gasteiger partial charge in [-0.25, -0.2) is 8.42 Å². The van der Waals surface area contributed by atoms with Crippen LogP contribution >= 0.6 is 0 Å². The molecule has 2 aliphatic rings. The number of nitriles is 1. The standard InChI is InChI=1S/C15H19N3O2S/c1-15(2)13-9-17-8-12(13)10-18(15)21(19,20)14-6-4-3-5-11(14)7-16/h3-6,12-13,17H,8-10H2,1-2H3. The Hall–Kier alpha value is -1.42. The Kier molecular flexibility index (Phi) is 3.32. The van der Waals surface area contributed by atoms with E-state index >= 15 is 0 Å². The Morgan fingerprint density at radius 1 is 1.33 bits per heavy atom. The quantitative estimate of drug-likeness (QED) is 0.890. The average molecular weight is 305 g/mol. The molecule has 112 valence electrons. The van der Waals surface area contributed by atoms with Crippen molar-refractivity contribution in [3.05, 3.63) is 29.8 Å². The van der Waals surface area contributed by atoms with Gasteiger partial charge in [-0.2, -0.15) is 9.57 Å². The van der Waals surface area contributed by atoms with Crippen molar-refractivity contribution in [1.82, 2.24) is 9.62 Å². The molecule has 2 unspecified atom stereocenters. The number of hydrogen-bond donors (Lipinski definition) is 1. The fraction of sp³-hybridized carbons (Fsp3) is 0.533. The molecule has 0 saturated carbocycles. The van der Waals surface area contributed by atoms with Crippen molar-refractivity contribution >= 4 is 10.0 Å². The molecular formula is C15H19N3O2S. The minimum Gasteiger partial charge on any atom is -0.316 e. The van der Waals surface area contributed by atoms with Crippen molar-refractivity contribution in [1.29, 1.82) is 5.26 Å². The lowest BCUT2D eigenvalue weighted by molar-refractivity contribution is 0.233. The fourth-order valence-corrected chi connectivity index (χ4v) is 5.72. The molecule has 3 rings (SSSR count). The molecule has 2 aliphatic heterocycles. The van der Waals surface area contributed by atoms with Crippen LogP contribution in [-0.4, -0.2) is 37.9 Å². The van der Waals surface area contributed by atoms with Crippen LogP contribution in [0, 0.1) is 23.2 Å². The van der Waals surface area contributed by atoms with Crippen molar-refractivity contribution < 1.29 is 8.42 Å². The molecule has 0 bridgehead atoms. The summed E-state index contributed by atoms with van der Waals surface area (Å²) in [5, 5.41) is 12.5. The van der Waals surface area contributed by atoms with Crippen LogP contribution in [0.3, 0.4) is 0 Å². The van der Waals surface area contributed by atoms with Gasteiger partial charge in [0, 0.05) is 18.6 Å². The summed E-state index contributed by atoms with van der Waals surface area (Å²) in [5.41, 5.74) is -0.223. The van der Waals surface area contributed by atoms with Gasteiger partial charge in [0.25, 0.3) is 0 Å². The molecule has 2 atom stereocenters. The lowest BCUT2D eigenvalue weighted by Gasteiger charge is -2.34. The Labute approximate surface area is 125 Å². The predicted octanol–water partition coefficient (Wildman–Crippen LogP) is 1.18. The smallest absolute Gasteiger partial charge is 0.244 e. The third-order valence-electron chi connectivity index (χ3n) is 4.87. The van der Waals surface area contributed by atoms with E-state index in [1.165, 1.54) is 6.07 Å². The summed E-state index contributed by atoms with van der Waals surface area (Å²) < 4.78 is 27.6. The van der Waals surface area contributed by atoms with E-state index in [0.29, 0.717) is 18.4 Å². The normalized spacial score (nSPS) is 28.2. The Balaban J connectivity index is 2.06. The molecule has 0 aliphatic carbocycles. The molecule has 0 aromatic heterocycles. The maximum Gasteiger partial charge on any atom is 0.244 e. The molecule has 5 nitrogen and oxygen atoms in total. The van der Waals surface area contributed by atoms with Gasteiger partial charge in [0.05, 0.1) is 10.5 Å². The number of sulfonamides is 1. The van der Waals surface area contributed by atoms with E-state index in [-0.39, 0.29) is 10.5 Å². The molecular weight excluding hydrogens is 286 g/mol. The number of rotatable bonds is 2. The first-order valence-electron chi connectivity index (χ1n) is 7.11. The first kappa shape index (κ1) is 14.5. The second-order valence-electron chi connectivity index (χ2n) is 6.32. The van der Waals surface area contributed by atoms with Crippen molar-refractivity contribution in [3.8, 4) is 6.07 Å². The molecule has 0 amide bonds. The highest BCUT2D eigenvalue weighted by molar-refractivity contribution is 7.89. The van der Waals surface area contributed by atoms with E-state index < -0.39 is 15.6 Å². The lowest BCUT2D eigenvalue weighted by Crippen LogP contribution is -2.47. The van der Waals surface area contributed by atoms with Crippen molar-refractivity contribution in [2.75, 3.05) is 19.6 Å². The van der Waals surface area contributed by atoms with E-state index in [9.17, 15) is 13.7 Å². The highest BCUT2D eigenvalue weighted by Gasteiger charge is 2.54. The van der Waals surface area contributed by atoms with Gasteiger partial charge >= 0.3 is 0 Å². The molecule has 21 heavy (non-hydrogen) atoms. The molecule has 1 aromatic rings. The minimum atomic E-state index is -3.65. The molecule has 2 heterocycles. The van der Waals surface area contributed by atoms with E-state index in [1.54, 1.807) is 22.5 Å². The molecule has 1 aromatic carbocycles. The SMILES string of the molecule is CC1(C)C2CNCC2CN1S(=O)(=O)c1ccccc1C#N. The zero-order valence-corrected chi connectivity index (χ0v) is 13.0. The number of benzene rings is 1. The van der Waals surface area contributed by atoms with Crippen LogP contribution in [0.4, 0.5) is 0 Å². The average Bonchev–Trinajstić information content (AvgIpc) is 3.01. The van der Waals surface area contributed by atoms with Crippen LogP contribution in [-0.2, 0) is 10.0 Å². The van der Waals surface area contributed by atoms with Crippen molar-refractivity contribution in [3.63, 3.8) is 0 Å². The van der Waals surface area contributed by atoms with Crippen LogP contribution in [0.15, 0.2) is 29.2 Å². The summed E-state index contributed by atoms with van der Waals surface area (Å²) in [4.78, 5) is 0.119. The van der Waals surface area contributed by atoms with Gasteiger partial charge in [0.15, 0.2) is 0 Å². The van der Waals surface area contributed by atoms with Crippen LogP contribution in [0.1, 0.15) is 19.4 Å². The largest absolute Gasteiger partial charge is 0.316 e. The molecule has 1 N–H and O–H groups in total. The van der Waals surface area contributed by atoms with E-state index in [2.05, 4.69) is 5.32 Å². The van der Waals surface area contributed by atoms with Gasteiger partial charge in [0.2, 0.25) is 10.0 Å². The predicted molar refractivity (Wildman–Crippen MR) is 79.0 cm³/mol. The van der Waals surface area contributed by atoms with E-state index in [1.807, 2.05) is 19.9 Å². The molecule has 0 radical (unpaired) electrons. The molecule has 0 spiro atoms. The third kappa shape index (κ3) is 2.08. The number of nitrogens with zero attached hydrogens (tertiary/aromatic N) is 2. The minimum absolute atomic E-state index is 0.119. The monoisotopic (exact) mass is 305 g/mol. The van der Waals surface area contributed by atoms with Gasteiger partial charge in [0.1, 0.15) is 6.07 Å². The molecule has 2 fully saturated rings. The number of hydrogen-bond acceptors (Lipinski definition) is 4. The zero-order chi connectivity index (χ0) is 15.3. The van der Waals surface area contributed by atoms with Gasteiger partial charge in [-0.05, 0) is 44.4 Å². The maximum absolute atomic E-state index is 13.0. The summed E-state index contributed by atoms with van der Waals surface area (Å²) in [5.74, 6) is 0.672. The summed E-state index contributed by atoms with van der Waals surface area (Å²) in [6, 6.07) is 8.41. The maximum atomic E-state index is 13.0. The van der Waals surface area contributed by atoms with E-state index in [4.69, 9.17) is 0 Å². The topological polar surface area (TPSA) is 73.2 Å². The highest BCUT2D eigenvalue weighted by Crippen LogP contribution is 2.43. The second kappa shape index (κ2) is 4.80. The Morgan fingerprint density at radius 2 is 2.05 bits per heavy atom. The van der Waals surface area contributed by atoms with Gasteiger partial charge in [-0.15, -0.1) is 0 Å². The van der Waals surface area contributed by atoms with Gasteiger partial charge in [-0.3, -0.25) is 0 Å². The Bertz CT molecular complexity index is 706. The van der Waals surface area contributed by atoms with Crippen LogP contribution < -0.4 is 5.32 Å². The number of nitrogens with one attached hydrogen (secondary N) is 1. The molecule has 2 saturated heterocycles. The zero-order valence-electron chi connectivity index (χ0n) is 12.2. The second-order valence-corrected chi connectivity index (χ2v) is 8.15. The summed E-state index contributed by atoms with van der Waals surface area (Å²) >= 11 is 0. The lowest BCUT2D eigenvalue weighted by atomic mass is 9.85. The first-order valence-corrected chi connectivity index (χ1v) is 8.55. The molecule has 6 heteroatoms. The van der Waals surface area contributed by atoms with Crippen LogP contribution in [0.25, 0.3) is 0 Å². The van der Waals surface area contributed by atoms with Crippen molar-refractivity contribution in [2.45, 2.75) is 24.3 Å². The first-order chi connectivity index (χ1) is 9.89. The third-order valence-corrected chi connectivity index (χ3v) is 6.98.